The summed E-state index contributed by atoms with van der Waals surface area (Å²) in [6.45, 7) is 16.5. The zero-order valence-electron chi connectivity index (χ0n) is 37.8. The number of benzene rings is 1. The summed E-state index contributed by atoms with van der Waals surface area (Å²) < 4.78 is 11.9. The van der Waals surface area contributed by atoms with Crippen molar-refractivity contribution in [3.05, 3.63) is 59.8 Å². The summed E-state index contributed by atoms with van der Waals surface area (Å²) in [7, 11) is 6.65. The van der Waals surface area contributed by atoms with Gasteiger partial charge in [-0.2, -0.15) is 0 Å². The maximum Gasteiger partial charge on any atom is 0.242 e. The summed E-state index contributed by atoms with van der Waals surface area (Å²) >= 11 is 0. The van der Waals surface area contributed by atoms with Gasteiger partial charge in [0.25, 0.3) is 0 Å². The first-order valence-corrected chi connectivity index (χ1v) is 21.3. The van der Waals surface area contributed by atoms with Crippen LogP contribution in [0, 0.1) is 17.8 Å². The number of anilines is 1. The average molecular weight is 826 g/mol. The lowest BCUT2D eigenvalue weighted by molar-refractivity contribution is -0.146. The molecule has 14 nitrogen and oxygen atoms in total. The molecule has 1 saturated heterocycles. The maximum absolute atomic E-state index is 14.1. The molecule has 5 N–H and O–H groups in total. The summed E-state index contributed by atoms with van der Waals surface area (Å²) in [4.78, 5) is 64.2. The Bertz CT molecular complexity index is 1580. The number of likely N-dealkylation sites (tertiary alicyclic amines) is 1. The van der Waals surface area contributed by atoms with E-state index in [-0.39, 0.29) is 54.5 Å². The number of carbonyl (C=O) groups excluding carboxylic acids is 4. The average Bonchev–Trinajstić information content (AvgIpc) is 3.69. The van der Waals surface area contributed by atoms with Gasteiger partial charge in [0.05, 0.1) is 61.4 Å². The number of likely N-dealkylation sites (N-methyl/N-ethyl adjacent to an activating group) is 2. The van der Waals surface area contributed by atoms with E-state index in [0.717, 1.165) is 18.4 Å². The lowest BCUT2D eigenvalue weighted by Crippen LogP contribution is -2.55. The molecule has 1 fully saturated rings. The Morgan fingerprint density at radius 3 is 2.19 bits per heavy atom. The van der Waals surface area contributed by atoms with E-state index in [9.17, 15) is 24.3 Å². The predicted octanol–water partition coefficient (Wildman–Crippen LogP) is 4.81. The van der Waals surface area contributed by atoms with Gasteiger partial charge in [0, 0.05) is 40.6 Å². The Morgan fingerprint density at radius 2 is 1.63 bits per heavy atom. The number of nitrogen functional groups attached to an aromatic ring is 1. The summed E-state index contributed by atoms with van der Waals surface area (Å²) in [6.07, 6.45) is 2.94. The smallest absolute Gasteiger partial charge is 0.242 e. The molecule has 1 aromatic heterocycles. The van der Waals surface area contributed by atoms with Crippen LogP contribution in [0.25, 0.3) is 0 Å². The molecule has 0 bridgehead atoms. The molecule has 0 aliphatic carbocycles. The van der Waals surface area contributed by atoms with Crippen molar-refractivity contribution in [3.8, 4) is 0 Å². The molecule has 3 rings (SSSR count). The molecule has 2 aromatic rings. The van der Waals surface area contributed by atoms with E-state index >= 15 is 0 Å². The van der Waals surface area contributed by atoms with Crippen molar-refractivity contribution in [2.45, 2.75) is 137 Å². The van der Waals surface area contributed by atoms with Gasteiger partial charge >= 0.3 is 0 Å². The molecule has 14 heteroatoms. The van der Waals surface area contributed by atoms with E-state index in [4.69, 9.17) is 15.2 Å². The number of hydrogen-bond donors (Lipinski definition) is 4. The van der Waals surface area contributed by atoms with Gasteiger partial charge in [-0.15, -0.1) is 0 Å². The topological polar surface area (TPSA) is 180 Å². The number of pyridine rings is 1. The third kappa shape index (κ3) is 14.8. The standard InChI is InChI=1S/C42H67N7O7.C3H8/c1-11-27(4)38(48(8)36(51)24-45-42(54)37(26(2)3)47(7)25-30-19-20-44-34(43)22-30)33(55-9)23-35(50)49-21-15-18-32(49)40(56-10)28(5)41(53)46-29(6)39(52)31-16-13-12-14-17-31;1-3-2/h12-14,16-17,19-20,22,26-29,32-33,37-40,52H,11,15,18,21,23-25H2,1-10H3,(H2,43,44)(H,45,54)(H,46,53);3H2,1-2H3/t27?,28?,29-,32+,33?,37?,38?,39?,40-;/m1./s1. The number of hydrogen-bond acceptors (Lipinski definition) is 10. The molecule has 6 unspecified atom stereocenters. The third-order valence-electron chi connectivity index (χ3n) is 11.4. The monoisotopic (exact) mass is 826 g/mol. The minimum atomic E-state index is -0.883. The molecular weight excluding hydrogens is 751 g/mol. The normalized spacial score (nSPS) is 18.1. The molecule has 0 radical (unpaired) electrons. The highest BCUT2D eigenvalue weighted by Crippen LogP contribution is 2.30. The second kappa shape index (κ2) is 25.5. The Labute approximate surface area is 354 Å². The van der Waals surface area contributed by atoms with Crippen molar-refractivity contribution < 1.29 is 33.8 Å². The minimum absolute atomic E-state index is 0.0169. The molecule has 1 aromatic carbocycles. The van der Waals surface area contributed by atoms with Gasteiger partial charge in [-0.3, -0.25) is 24.1 Å². The van der Waals surface area contributed by atoms with Crippen molar-refractivity contribution in [1.82, 2.24) is 30.3 Å². The molecule has 1 aliphatic rings. The molecule has 59 heavy (non-hydrogen) atoms. The summed E-state index contributed by atoms with van der Waals surface area (Å²) in [6, 6.07) is 10.9. The van der Waals surface area contributed by atoms with Gasteiger partial charge in [0.2, 0.25) is 23.6 Å². The van der Waals surface area contributed by atoms with Crippen LogP contribution in [-0.4, -0.2) is 126 Å². The third-order valence-corrected chi connectivity index (χ3v) is 11.4. The number of ether oxygens (including phenoxy) is 2. The number of aliphatic hydroxyl groups is 1. The van der Waals surface area contributed by atoms with Crippen LogP contribution in [0.3, 0.4) is 0 Å². The first-order valence-electron chi connectivity index (χ1n) is 21.3. The molecule has 9 atom stereocenters. The molecule has 1 aliphatic heterocycles. The highest BCUT2D eigenvalue weighted by atomic mass is 16.5. The minimum Gasteiger partial charge on any atom is -0.386 e. The fourth-order valence-electron chi connectivity index (χ4n) is 8.08. The zero-order chi connectivity index (χ0) is 44.4. The largest absolute Gasteiger partial charge is 0.386 e. The maximum atomic E-state index is 14.1. The van der Waals surface area contributed by atoms with Crippen LogP contribution in [0.1, 0.15) is 105 Å². The molecule has 0 spiro atoms. The molecule has 0 saturated carbocycles. The Hall–Kier alpha value is -4.11. The highest BCUT2D eigenvalue weighted by molar-refractivity contribution is 5.88. The number of nitrogens with one attached hydrogen (secondary N) is 2. The van der Waals surface area contributed by atoms with E-state index in [1.54, 1.807) is 57.2 Å². The van der Waals surface area contributed by atoms with E-state index in [2.05, 4.69) is 29.5 Å². The summed E-state index contributed by atoms with van der Waals surface area (Å²) in [5.74, 6) is -1.26. The Kier molecular flexibility index (Phi) is 22.1. The number of rotatable bonds is 21. The van der Waals surface area contributed by atoms with Crippen LogP contribution in [0.5, 0.6) is 0 Å². The van der Waals surface area contributed by atoms with E-state index in [1.807, 2.05) is 76.0 Å². The van der Waals surface area contributed by atoms with Gasteiger partial charge in [-0.25, -0.2) is 4.98 Å². The van der Waals surface area contributed by atoms with Crippen LogP contribution < -0.4 is 16.4 Å². The summed E-state index contributed by atoms with van der Waals surface area (Å²) in [5.41, 5.74) is 7.49. The first kappa shape index (κ1) is 51.0. The van der Waals surface area contributed by atoms with Crippen LogP contribution in [0.15, 0.2) is 48.7 Å². The van der Waals surface area contributed by atoms with Gasteiger partial charge in [-0.1, -0.05) is 91.6 Å². The van der Waals surface area contributed by atoms with E-state index in [0.29, 0.717) is 30.9 Å². The van der Waals surface area contributed by atoms with Gasteiger partial charge < -0.3 is 40.7 Å². The van der Waals surface area contributed by atoms with Crippen LogP contribution in [0.2, 0.25) is 0 Å². The second-order valence-electron chi connectivity index (χ2n) is 16.4. The Morgan fingerprint density at radius 1 is 0.983 bits per heavy atom. The number of methoxy groups -OCH3 is 2. The van der Waals surface area contributed by atoms with Gasteiger partial charge in [0.1, 0.15) is 5.82 Å². The predicted molar refractivity (Wildman–Crippen MR) is 233 cm³/mol. The number of nitrogens with zero attached hydrogens (tertiary/aromatic N) is 4. The number of aromatic nitrogens is 1. The molecule has 4 amide bonds. The van der Waals surface area contributed by atoms with Crippen molar-refractivity contribution >= 4 is 29.4 Å². The number of nitrogens with two attached hydrogens (primary N) is 1. The van der Waals surface area contributed by atoms with E-state index < -0.39 is 42.4 Å². The number of aliphatic hydroxyl groups excluding tert-OH is 1. The fourth-order valence-corrected chi connectivity index (χ4v) is 8.08. The SMILES string of the molecule is CCC.CCC(C)C(C(CC(=O)N1CCC[C@H]1[C@H](OC)C(C)C(=O)N[C@H](C)C(O)c1ccccc1)OC)N(C)C(=O)CNC(=O)C(C(C)C)N(C)Cc1ccnc(N)c1. The van der Waals surface area contributed by atoms with Gasteiger partial charge in [-0.05, 0) is 61.9 Å². The highest BCUT2D eigenvalue weighted by Gasteiger charge is 2.42. The lowest BCUT2D eigenvalue weighted by Gasteiger charge is -2.39. The summed E-state index contributed by atoms with van der Waals surface area (Å²) in [5, 5.41) is 16.6. The second-order valence-corrected chi connectivity index (χ2v) is 16.4. The lowest BCUT2D eigenvalue weighted by atomic mass is 9.90. The van der Waals surface area contributed by atoms with Crippen molar-refractivity contribution in [2.24, 2.45) is 17.8 Å². The molecular formula is C45H75N7O7. The fraction of sp³-hybridized carbons (Fsp3) is 0.667. The van der Waals surface area contributed by atoms with Crippen molar-refractivity contribution in [2.75, 3.05) is 47.1 Å². The van der Waals surface area contributed by atoms with Crippen molar-refractivity contribution in [3.63, 3.8) is 0 Å². The number of amides is 4. The Balaban J connectivity index is 0.00000387. The van der Waals surface area contributed by atoms with Crippen LogP contribution >= 0.6 is 0 Å². The van der Waals surface area contributed by atoms with Crippen LogP contribution in [-0.2, 0) is 35.2 Å². The molecule has 2 heterocycles. The molecule has 332 valence electrons. The number of carbonyl (C=O) groups is 4. The first-order chi connectivity index (χ1) is 28.0. The van der Waals surface area contributed by atoms with Crippen molar-refractivity contribution in [1.29, 1.82) is 0 Å². The zero-order valence-corrected chi connectivity index (χ0v) is 37.8. The van der Waals surface area contributed by atoms with Crippen LogP contribution in [0.4, 0.5) is 5.82 Å². The quantitative estimate of drug-likeness (QED) is 0.137. The van der Waals surface area contributed by atoms with Gasteiger partial charge in [0.15, 0.2) is 0 Å². The van der Waals surface area contributed by atoms with E-state index in [1.165, 1.54) is 6.42 Å².